The fraction of sp³-hybridized carbons (Fsp3) is 0.261. The van der Waals surface area contributed by atoms with Gasteiger partial charge in [-0.1, -0.05) is 60.7 Å². The molecular weight excluding hydrogens is 322 g/mol. The number of nitrogens with zero attached hydrogens (tertiary/aromatic N) is 1. The number of carbonyl (C=O) groups is 1. The van der Waals surface area contributed by atoms with Crippen molar-refractivity contribution in [1.29, 1.82) is 0 Å². The number of aromatic nitrogens is 1. The third-order valence-electron chi connectivity index (χ3n) is 5.00. The molecule has 26 heavy (non-hydrogen) atoms. The maximum Gasteiger partial charge on any atom is 0.164 e. The molecule has 0 amide bonds. The maximum atomic E-state index is 12.6. The minimum atomic E-state index is -0.0196. The van der Waals surface area contributed by atoms with Gasteiger partial charge in [-0.2, -0.15) is 0 Å². The molecule has 3 nitrogen and oxygen atoms in total. The Hall–Kier alpha value is -2.65. The Balaban J connectivity index is 1.89. The van der Waals surface area contributed by atoms with Gasteiger partial charge in [0.15, 0.2) is 5.78 Å². The predicted molar refractivity (Wildman–Crippen MR) is 103 cm³/mol. The molecule has 1 aromatic heterocycles. The maximum absolute atomic E-state index is 12.6. The van der Waals surface area contributed by atoms with Crippen molar-refractivity contribution in [3.05, 3.63) is 83.6 Å². The van der Waals surface area contributed by atoms with Crippen LogP contribution in [0.3, 0.4) is 0 Å². The third kappa shape index (κ3) is 3.11. The van der Waals surface area contributed by atoms with E-state index in [1.807, 2.05) is 31.2 Å². The van der Waals surface area contributed by atoms with Crippen LogP contribution < -0.4 is 0 Å². The Morgan fingerprint density at radius 2 is 1.73 bits per heavy atom. The lowest BCUT2D eigenvalue weighted by Gasteiger charge is -2.25. The number of carbonyl (C=O) groups excluding carboxylic acids is 1. The van der Waals surface area contributed by atoms with Gasteiger partial charge in [0.1, 0.15) is 0 Å². The summed E-state index contributed by atoms with van der Waals surface area (Å²) in [6, 6.07) is 22.7. The van der Waals surface area contributed by atoms with Gasteiger partial charge in [-0.15, -0.1) is 0 Å². The van der Waals surface area contributed by atoms with Gasteiger partial charge in [0.2, 0.25) is 0 Å². The first-order chi connectivity index (χ1) is 12.8. The fourth-order valence-electron chi connectivity index (χ4n) is 3.82. The van der Waals surface area contributed by atoms with Crippen LogP contribution >= 0.6 is 0 Å². The average molecular weight is 345 g/mol. The van der Waals surface area contributed by atoms with Crippen molar-refractivity contribution in [3.8, 4) is 11.3 Å². The van der Waals surface area contributed by atoms with Gasteiger partial charge < -0.3 is 9.30 Å². The molecule has 2 aromatic carbocycles. The summed E-state index contributed by atoms with van der Waals surface area (Å²) in [6.07, 6.45) is 1.29. The topological polar surface area (TPSA) is 31.2 Å². The normalized spacial score (nSPS) is 16.5. The second-order valence-electron chi connectivity index (χ2n) is 6.67. The number of fused-ring (bicyclic) bond motifs is 1. The Morgan fingerprint density at radius 1 is 1.04 bits per heavy atom. The second-order valence-corrected chi connectivity index (χ2v) is 6.67. The highest BCUT2D eigenvalue weighted by Gasteiger charge is 2.31. The summed E-state index contributed by atoms with van der Waals surface area (Å²) in [7, 11) is 0. The van der Waals surface area contributed by atoms with Gasteiger partial charge in [0.25, 0.3) is 0 Å². The van der Waals surface area contributed by atoms with Gasteiger partial charge in [-0.3, -0.25) is 4.79 Å². The summed E-state index contributed by atoms with van der Waals surface area (Å²) in [4.78, 5) is 12.6. The highest BCUT2D eigenvalue weighted by Crippen LogP contribution is 2.38. The molecule has 1 heterocycles. The van der Waals surface area contributed by atoms with Crippen LogP contribution in [0, 0.1) is 0 Å². The van der Waals surface area contributed by atoms with Crippen molar-refractivity contribution in [2.24, 2.45) is 0 Å². The molecule has 0 spiro atoms. The van der Waals surface area contributed by atoms with E-state index in [9.17, 15) is 4.79 Å². The molecule has 0 saturated carbocycles. The van der Waals surface area contributed by atoms with E-state index in [4.69, 9.17) is 4.74 Å². The Morgan fingerprint density at radius 3 is 2.42 bits per heavy atom. The Kier molecular flexibility index (Phi) is 4.72. The fourth-order valence-corrected chi connectivity index (χ4v) is 3.82. The molecule has 3 heteroatoms. The molecule has 1 aliphatic carbocycles. The van der Waals surface area contributed by atoms with Crippen molar-refractivity contribution in [3.63, 3.8) is 0 Å². The van der Waals surface area contributed by atoms with Crippen LogP contribution in [0.5, 0.6) is 0 Å². The molecule has 3 aromatic rings. The van der Waals surface area contributed by atoms with Gasteiger partial charge in [0.05, 0.1) is 11.8 Å². The van der Waals surface area contributed by atoms with Crippen molar-refractivity contribution >= 4 is 5.78 Å². The molecule has 0 bridgehead atoms. The summed E-state index contributed by atoms with van der Waals surface area (Å²) >= 11 is 0. The van der Waals surface area contributed by atoms with E-state index in [-0.39, 0.29) is 11.9 Å². The molecule has 1 atom stereocenters. The number of hydrogen-bond donors (Lipinski definition) is 0. The zero-order valence-corrected chi connectivity index (χ0v) is 15.0. The molecule has 0 radical (unpaired) electrons. The van der Waals surface area contributed by atoms with Crippen LogP contribution in [0.25, 0.3) is 11.3 Å². The highest BCUT2D eigenvalue weighted by atomic mass is 16.5. The van der Waals surface area contributed by atoms with Crippen LogP contribution in [0.4, 0.5) is 0 Å². The Labute approximate surface area is 154 Å². The smallest absolute Gasteiger partial charge is 0.164 e. The average Bonchev–Trinajstić information content (AvgIpc) is 3.06. The molecule has 1 aliphatic rings. The highest BCUT2D eigenvalue weighted by molar-refractivity contribution is 6.00. The van der Waals surface area contributed by atoms with Gasteiger partial charge in [0, 0.05) is 30.8 Å². The van der Waals surface area contributed by atoms with Gasteiger partial charge in [-0.05, 0) is 30.5 Å². The quantitative estimate of drug-likeness (QED) is 0.632. The number of hydrogen-bond acceptors (Lipinski definition) is 2. The SMILES string of the molecule is CCOC1CCC(=O)c2cc(-c3ccccc3)n(Cc3ccccc3)c21. The van der Waals surface area contributed by atoms with Crippen molar-refractivity contribution in [1.82, 2.24) is 4.57 Å². The molecular formula is C23H23NO2. The van der Waals surface area contributed by atoms with Crippen LogP contribution in [0.2, 0.25) is 0 Å². The standard InChI is InChI=1S/C23H23NO2/c1-2-26-22-14-13-21(25)19-15-20(18-11-7-4-8-12-18)24(23(19)22)16-17-9-5-3-6-10-17/h3-12,15,22H,2,13-14,16H2,1H3. The number of Topliss-reactive ketones (excluding diaryl/α,β-unsaturated/α-hetero) is 1. The van der Waals surface area contributed by atoms with Gasteiger partial charge in [-0.25, -0.2) is 0 Å². The summed E-state index contributed by atoms with van der Waals surface area (Å²) in [5.41, 5.74) is 5.28. The first-order valence-corrected chi connectivity index (χ1v) is 9.25. The molecule has 0 saturated heterocycles. The molecule has 132 valence electrons. The second kappa shape index (κ2) is 7.30. The van der Waals surface area contributed by atoms with E-state index in [1.54, 1.807) is 0 Å². The van der Waals surface area contributed by atoms with Crippen LogP contribution in [-0.2, 0) is 11.3 Å². The third-order valence-corrected chi connectivity index (χ3v) is 5.00. The largest absolute Gasteiger partial charge is 0.372 e. The molecule has 0 aliphatic heterocycles. The zero-order valence-electron chi connectivity index (χ0n) is 15.0. The number of rotatable bonds is 5. The molecule has 1 unspecified atom stereocenters. The molecule has 0 fully saturated rings. The summed E-state index contributed by atoms with van der Waals surface area (Å²) < 4.78 is 8.29. The van der Waals surface area contributed by atoms with E-state index >= 15 is 0 Å². The van der Waals surface area contributed by atoms with E-state index in [0.717, 1.165) is 35.5 Å². The first-order valence-electron chi connectivity index (χ1n) is 9.25. The molecule has 4 rings (SSSR count). The van der Waals surface area contributed by atoms with Crippen LogP contribution in [0.1, 0.15) is 47.5 Å². The van der Waals surface area contributed by atoms with E-state index < -0.39 is 0 Å². The number of ketones is 1. The first kappa shape index (κ1) is 16.8. The summed E-state index contributed by atoms with van der Waals surface area (Å²) in [5, 5.41) is 0. The van der Waals surface area contributed by atoms with Crippen molar-refractivity contribution < 1.29 is 9.53 Å². The van der Waals surface area contributed by atoms with Crippen LogP contribution in [0.15, 0.2) is 66.7 Å². The van der Waals surface area contributed by atoms with Crippen molar-refractivity contribution in [2.75, 3.05) is 6.61 Å². The van der Waals surface area contributed by atoms with E-state index in [2.05, 4.69) is 47.0 Å². The Bertz CT molecular complexity index is 897. The lowest BCUT2D eigenvalue weighted by Crippen LogP contribution is -2.21. The summed E-state index contributed by atoms with van der Waals surface area (Å²) in [6.45, 7) is 3.39. The minimum Gasteiger partial charge on any atom is -0.372 e. The summed E-state index contributed by atoms with van der Waals surface area (Å²) in [5.74, 6) is 0.222. The van der Waals surface area contributed by atoms with E-state index in [1.165, 1.54) is 5.56 Å². The minimum absolute atomic E-state index is 0.0196. The van der Waals surface area contributed by atoms with E-state index in [0.29, 0.717) is 13.0 Å². The molecule has 0 N–H and O–H groups in total. The van der Waals surface area contributed by atoms with Gasteiger partial charge >= 0.3 is 0 Å². The van der Waals surface area contributed by atoms with Crippen LogP contribution in [-0.4, -0.2) is 17.0 Å². The lowest BCUT2D eigenvalue weighted by atomic mass is 9.94. The number of ether oxygens (including phenoxy) is 1. The monoisotopic (exact) mass is 345 g/mol. The number of benzene rings is 2. The predicted octanol–water partition coefficient (Wildman–Crippen LogP) is 5.26. The lowest BCUT2D eigenvalue weighted by molar-refractivity contribution is 0.0424. The van der Waals surface area contributed by atoms with Crippen molar-refractivity contribution in [2.45, 2.75) is 32.4 Å². The zero-order chi connectivity index (χ0) is 17.9.